The molecule has 2 amide bonds. The van der Waals surface area contributed by atoms with Gasteiger partial charge >= 0.3 is 6.09 Å². The van der Waals surface area contributed by atoms with Gasteiger partial charge in [0.15, 0.2) is 0 Å². The average molecular weight is 602 g/mol. The van der Waals surface area contributed by atoms with Crippen LogP contribution >= 0.6 is 0 Å². The van der Waals surface area contributed by atoms with Gasteiger partial charge in [0.2, 0.25) is 11.6 Å². The Labute approximate surface area is 251 Å². The molecule has 1 aliphatic carbocycles. The van der Waals surface area contributed by atoms with E-state index in [4.69, 9.17) is 19.9 Å². The van der Waals surface area contributed by atoms with Crippen LogP contribution in [0.1, 0.15) is 46.5 Å². The summed E-state index contributed by atoms with van der Waals surface area (Å²) in [5, 5.41) is 24.0. The molecule has 236 valence electrons. The standard InChI is InChI=1S/C31H43N3O9/c1-17-11-22-27(34-9-6-10-34)24(36)15-23(29(22)38)33-30(39)18(2)7-8-21(41-4)14-25(43-31(32)40)20(16-35)13-19(3)28(37)26(12-17)42-5/h7-8,13,15,17,19,25-26,28,35,37H,6,9-12,14,16H2,1-5H3,(H2,32,40)(H,33,39)/b18-7+,20-13+,21-8-/t17-,19+,25-,26+,28-/m1/s1. The third-order valence-corrected chi connectivity index (χ3v) is 8.00. The van der Waals surface area contributed by atoms with E-state index in [0.717, 1.165) is 6.42 Å². The topological polar surface area (TPSA) is 178 Å². The lowest BCUT2D eigenvalue weighted by Gasteiger charge is -2.37. The minimum atomic E-state index is -1.06. The summed E-state index contributed by atoms with van der Waals surface area (Å²) >= 11 is 0. The number of nitrogens with two attached hydrogens (primary N) is 1. The quantitative estimate of drug-likeness (QED) is 0.268. The summed E-state index contributed by atoms with van der Waals surface area (Å²) in [6.45, 7) is 6.01. The van der Waals surface area contributed by atoms with Gasteiger partial charge in [-0.15, -0.1) is 0 Å². The number of likely N-dealkylation sites (tertiary alicyclic amines) is 1. The molecule has 2 bridgehead atoms. The van der Waals surface area contributed by atoms with Crippen LogP contribution < -0.4 is 11.1 Å². The maximum absolute atomic E-state index is 13.7. The highest BCUT2D eigenvalue weighted by Crippen LogP contribution is 2.32. The van der Waals surface area contributed by atoms with Crippen LogP contribution in [0.4, 0.5) is 4.79 Å². The van der Waals surface area contributed by atoms with Crippen molar-refractivity contribution in [1.82, 2.24) is 10.2 Å². The molecular weight excluding hydrogens is 558 g/mol. The van der Waals surface area contributed by atoms with Crippen molar-refractivity contribution in [2.24, 2.45) is 17.6 Å². The maximum atomic E-state index is 13.7. The Balaban J connectivity index is 2.09. The van der Waals surface area contributed by atoms with Crippen LogP contribution in [0.5, 0.6) is 0 Å². The summed E-state index contributed by atoms with van der Waals surface area (Å²) in [5.41, 5.74) is 6.39. The van der Waals surface area contributed by atoms with Crippen LogP contribution in [0.2, 0.25) is 0 Å². The third kappa shape index (κ3) is 8.43. The number of aliphatic hydroxyl groups excluding tert-OH is 2. The number of allylic oxidation sites excluding steroid dienone is 4. The third-order valence-electron chi connectivity index (χ3n) is 8.00. The van der Waals surface area contributed by atoms with Crippen molar-refractivity contribution in [2.45, 2.75) is 64.8 Å². The fraction of sp³-hybridized carbons (Fsp3) is 0.548. The van der Waals surface area contributed by atoms with Crippen LogP contribution in [0, 0.1) is 11.8 Å². The van der Waals surface area contributed by atoms with E-state index in [1.165, 1.54) is 39.4 Å². The van der Waals surface area contributed by atoms with E-state index in [2.05, 4.69) is 5.32 Å². The van der Waals surface area contributed by atoms with Crippen molar-refractivity contribution in [3.63, 3.8) is 0 Å². The molecule has 5 atom stereocenters. The van der Waals surface area contributed by atoms with E-state index < -0.39 is 48.6 Å². The highest BCUT2D eigenvalue weighted by molar-refractivity contribution is 6.23. The second-order valence-electron chi connectivity index (χ2n) is 11.3. The molecule has 2 aliphatic heterocycles. The van der Waals surface area contributed by atoms with Gasteiger partial charge in [-0.2, -0.15) is 0 Å². The molecule has 1 saturated heterocycles. The van der Waals surface area contributed by atoms with Gasteiger partial charge in [0.1, 0.15) is 6.10 Å². The molecule has 43 heavy (non-hydrogen) atoms. The van der Waals surface area contributed by atoms with Gasteiger partial charge in [0, 0.05) is 49.8 Å². The van der Waals surface area contributed by atoms with E-state index in [1.807, 2.05) is 11.8 Å². The molecule has 0 spiro atoms. The lowest BCUT2D eigenvalue weighted by molar-refractivity contribution is -0.120. The highest BCUT2D eigenvalue weighted by atomic mass is 16.6. The number of ether oxygens (including phenoxy) is 3. The number of rotatable bonds is 5. The number of ketones is 2. The molecule has 12 nitrogen and oxygen atoms in total. The first-order valence-corrected chi connectivity index (χ1v) is 14.4. The van der Waals surface area contributed by atoms with E-state index in [0.29, 0.717) is 42.1 Å². The number of nitrogens with one attached hydrogen (secondary N) is 1. The smallest absolute Gasteiger partial charge is 0.405 e. The summed E-state index contributed by atoms with van der Waals surface area (Å²) in [7, 11) is 2.87. The lowest BCUT2D eigenvalue weighted by Crippen LogP contribution is -2.43. The average Bonchev–Trinajstić information content (AvgIpc) is 2.93. The molecule has 12 heteroatoms. The summed E-state index contributed by atoms with van der Waals surface area (Å²) < 4.78 is 16.4. The largest absolute Gasteiger partial charge is 0.501 e. The predicted molar refractivity (Wildman–Crippen MR) is 157 cm³/mol. The van der Waals surface area contributed by atoms with Crippen molar-refractivity contribution >= 4 is 23.6 Å². The van der Waals surface area contributed by atoms with Crippen LogP contribution in [0.25, 0.3) is 0 Å². The van der Waals surface area contributed by atoms with Gasteiger partial charge in [-0.05, 0) is 43.8 Å². The fourth-order valence-electron chi connectivity index (χ4n) is 5.40. The Morgan fingerprint density at radius 1 is 1.14 bits per heavy atom. The minimum absolute atomic E-state index is 0.0314. The normalized spacial score (nSPS) is 31.8. The number of methoxy groups -OCH3 is 2. The Bertz CT molecular complexity index is 1260. The second kappa shape index (κ2) is 15.1. The molecule has 3 rings (SSSR count). The zero-order chi connectivity index (χ0) is 31.8. The molecule has 1 fully saturated rings. The van der Waals surface area contributed by atoms with Crippen molar-refractivity contribution < 1.29 is 43.6 Å². The van der Waals surface area contributed by atoms with Crippen LogP contribution in [0.15, 0.2) is 58.2 Å². The first kappa shape index (κ1) is 33.8. The first-order valence-electron chi connectivity index (χ1n) is 14.4. The van der Waals surface area contributed by atoms with Gasteiger partial charge in [0.25, 0.3) is 5.91 Å². The van der Waals surface area contributed by atoms with Crippen molar-refractivity contribution in [3.8, 4) is 0 Å². The fourth-order valence-corrected chi connectivity index (χ4v) is 5.40. The van der Waals surface area contributed by atoms with E-state index >= 15 is 0 Å². The molecule has 0 aromatic heterocycles. The summed E-state index contributed by atoms with van der Waals surface area (Å²) in [6, 6.07) is 0. The predicted octanol–water partition coefficient (Wildman–Crippen LogP) is 1.79. The number of amides is 2. The molecule has 3 aliphatic rings. The molecular formula is C31H43N3O9. The number of nitrogens with zero attached hydrogens (tertiary/aromatic N) is 1. The maximum Gasteiger partial charge on any atom is 0.405 e. The zero-order valence-electron chi connectivity index (χ0n) is 25.4. The number of fused-ring (bicyclic) bond motifs is 2. The van der Waals surface area contributed by atoms with Gasteiger partial charge in [-0.3, -0.25) is 14.4 Å². The number of aliphatic hydroxyl groups is 2. The van der Waals surface area contributed by atoms with Crippen molar-refractivity contribution in [2.75, 3.05) is 33.9 Å². The number of primary amides is 1. The van der Waals surface area contributed by atoms with E-state index in [1.54, 1.807) is 13.0 Å². The van der Waals surface area contributed by atoms with Gasteiger partial charge in [-0.1, -0.05) is 26.0 Å². The summed E-state index contributed by atoms with van der Waals surface area (Å²) in [4.78, 5) is 53.6. The Morgan fingerprint density at radius 2 is 1.84 bits per heavy atom. The molecule has 0 aromatic carbocycles. The van der Waals surface area contributed by atoms with Gasteiger partial charge < -0.3 is 40.4 Å². The Hall–Kier alpha value is -3.74. The molecule has 0 radical (unpaired) electrons. The molecule has 0 unspecified atom stereocenters. The molecule has 5 N–H and O–H groups in total. The Kier molecular flexibility index (Phi) is 11.9. The van der Waals surface area contributed by atoms with Crippen molar-refractivity contribution in [1.29, 1.82) is 0 Å². The van der Waals surface area contributed by atoms with Gasteiger partial charge in [-0.25, -0.2) is 4.79 Å². The second-order valence-corrected chi connectivity index (χ2v) is 11.3. The number of carbonyl (C=O) groups excluding carboxylic acids is 4. The molecule has 0 saturated carbocycles. The van der Waals surface area contributed by atoms with Gasteiger partial charge in [0.05, 0.1) is 43.1 Å². The Morgan fingerprint density at radius 3 is 2.40 bits per heavy atom. The monoisotopic (exact) mass is 601 g/mol. The highest BCUT2D eigenvalue weighted by Gasteiger charge is 2.36. The SMILES string of the molecule is CO/C1=C\C=C(/C)C(=O)NC2=CC(=O)C(N3CCC3)=C(C[C@@H](C)C[C@H](OC)[C@H](O)[C@@H](C)/C=C(\CO)[C@H](OC(N)=O)C1)C2=O. The van der Waals surface area contributed by atoms with Crippen molar-refractivity contribution in [3.05, 3.63) is 58.2 Å². The minimum Gasteiger partial charge on any atom is -0.501 e. The first-order chi connectivity index (χ1) is 20.4. The lowest BCUT2D eigenvalue weighted by atomic mass is 9.84. The number of Topliss-reactive ketones (excluding diaryl/α,β-unsaturated/α-hetero) is 1. The number of carbonyl (C=O) groups is 4. The van der Waals surface area contributed by atoms with Crippen LogP contribution in [-0.2, 0) is 28.6 Å². The van der Waals surface area contributed by atoms with E-state index in [9.17, 15) is 29.4 Å². The summed E-state index contributed by atoms with van der Waals surface area (Å²) in [5.74, 6) is -1.82. The summed E-state index contributed by atoms with van der Waals surface area (Å²) in [6.07, 6.45) is 3.39. The number of hydrogen-bond donors (Lipinski definition) is 4. The van der Waals surface area contributed by atoms with Crippen LogP contribution in [-0.4, -0.2) is 90.9 Å². The molecule has 0 aromatic rings. The van der Waals surface area contributed by atoms with E-state index in [-0.39, 0.29) is 35.8 Å². The molecule has 2 heterocycles. The number of hydrogen-bond acceptors (Lipinski definition) is 10. The van der Waals surface area contributed by atoms with Crippen LogP contribution in [0.3, 0.4) is 0 Å². The zero-order valence-corrected chi connectivity index (χ0v) is 25.4.